The number of halogens is 2. The molecule has 0 amide bonds. The van der Waals surface area contributed by atoms with Crippen molar-refractivity contribution in [2.75, 3.05) is 44.2 Å². The zero-order valence-electron chi connectivity index (χ0n) is 17.1. The largest absolute Gasteiger partial charge is 0.488 e. The highest BCUT2D eigenvalue weighted by atomic mass is 35.5. The molecule has 1 aromatic heterocycles. The number of para-hydroxylation sites is 1. The summed E-state index contributed by atoms with van der Waals surface area (Å²) >= 11 is 12.2. The van der Waals surface area contributed by atoms with Crippen LogP contribution in [0.25, 0.3) is 0 Å². The van der Waals surface area contributed by atoms with Gasteiger partial charge in [-0.05, 0) is 19.1 Å². The molecular weight excluding hydrogens is 411 g/mol. The van der Waals surface area contributed by atoms with Gasteiger partial charge in [-0.25, -0.2) is 9.97 Å². The van der Waals surface area contributed by atoms with Crippen LogP contribution >= 0.6 is 23.2 Å². The van der Waals surface area contributed by atoms with Crippen molar-refractivity contribution in [1.82, 2.24) is 14.9 Å². The Labute approximate surface area is 182 Å². The van der Waals surface area contributed by atoms with Gasteiger partial charge in [0.15, 0.2) is 5.75 Å². The van der Waals surface area contributed by atoms with Gasteiger partial charge in [0, 0.05) is 50.4 Å². The van der Waals surface area contributed by atoms with E-state index in [4.69, 9.17) is 32.9 Å². The molecule has 3 rings (SSSR count). The Kier molecular flexibility index (Phi) is 7.57. The van der Waals surface area contributed by atoms with Crippen molar-refractivity contribution in [3.63, 3.8) is 0 Å². The van der Waals surface area contributed by atoms with Crippen molar-refractivity contribution in [1.29, 1.82) is 0 Å². The van der Waals surface area contributed by atoms with Crippen molar-refractivity contribution in [3.05, 3.63) is 45.8 Å². The molecule has 2 aromatic rings. The Morgan fingerprint density at radius 2 is 1.76 bits per heavy atom. The van der Waals surface area contributed by atoms with Gasteiger partial charge < -0.3 is 14.7 Å². The van der Waals surface area contributed by atoms with E-state index in [1.165, 1.54) is 0 Å². The van der Waals surface area contributed by atoms with Crippen LogP contribution in [-0.4, -0.2) is 65.4 Å². The number of piperazine rings is 1. The van der Waals surface area contributed by atoms with Gasteiger partial charge in [-0.3, -0.25) is 4.90 Å². The minimum Gasteiger partial charge on any atom is -0.488 e. The number of benzene rings is 1. The minimum atomic E-state index is -0.622. The monoisotopic (exact) mass is 438 g/mol. The molecule has 0 spiro atoms. The first kappa shape index (κ1) is 22.1. The average molecular weight is 439 g/mol. The molecule has 0 aliphatic carbocycles. The van der Waals surface area contributed by atoms with Crippen molar-refractivity contribution in [3.8, 4) is 5.75 Å². The van der Waals surface area contributed by atoms with Gasteiger partial charge in [0.05, 0.1) is 10.0 Å². The zero-order valence-corrected chi connectivity index (χ0v) is 18.6. The summed E-state index contributed by atoms with van der Waals surface area (Å²) in [7, 11) is 0. The van der Waals surface area contributed by atoms with Crippen molar-refractivity contribution in [2.24, 2.45) is 0 Å². The maximum Gasteiger partial charge on any atom is 0.156 e. The van der Waals surface area contributed by atoms with Gasteiger partial charge in [-0.15, -0.1) is 0 Å². The molecule has 1 N–H and O–H groups in total. The molecule has 8 heteroatoms. The first-order valence-corrected chi connectivity index (χ1v) is 10.7. The molecule has 6 nitrogen and oxygen atoms in total. The normalized spacial score (nSPS) is 16.3. The number of hydrogen-bond donors (Lipinski definition) is 1. The maximum absolute atomic E-state index is 10.4. The van der Waals surface area contributed by atoms with Crippen LogP contribution in [0, 0.1) is 6.92 Å². The summed E-state index contributed by atoms with van der Waals surface area (Å²) < 4.78 is 5.64. The first-order valence-electron chi connectivity index (χ1n) is 9.91. The quantitative estimate of drug-likeness (QED) is 0.709. The SMILES string of the molecule is Cc1cc(N2CCN(CC(O)COc3c(Cl)cccc3Cl)CC2)nc(C(C)C)n1. The lowest BCUT2D eigenvalue weighted by molar-refractivity contribution is 0.0663. The van der Waals surface area contributed by atoms with Gasteiger partial charge in [0.25, 0.3) is 0 Å². The predicted octanol–water partition coefficient (Wildman–Crippen LogP) is 3.78. The Balaban J connectivity index is 1.50. The van der Waals surface area contributed by atoms with Gasteiger partial charge in [0.2, 0.25) is 0 Å². The average Bonchev–Trinajstić information content (AvgIpc) is 2.67. The third kappa shape index (κ3) is 5.95. The second-order valence-electron chi connectivity index (χ2n) is 7.68. The molecule has 29 heavy (non-hydrogen) atoms. The Hall–Kier alpha value is -1.60. The second kappa shape index (κ2) is 9.94. The molecule has 1 aliphatic heterocycles. The smallest absolute Gasteiger partial charge is 0.156 e. The molecule has 1 saturated heterocycles. The highest BCUT2D eigenvalue weighted by molar-refractivity contribution is 6.37. The van der Waals surface area contributed by atoms with Crippen LogP contribution in [0.1, 0.15) is 31.3 Å². The summed E-state index contributed by atoms with van der Waals surface area (Å²) in [5.74, 6) is 2.59. The van der Waals surface area contributed by atoms with E-state index >= 15 is 0 Å². The van der Waals surface area contributed by atoms with E-state index in [1.807, 2.05) is 13.0 Å². The zero-order chi connectivity index (χ0) is 21.0. The van der Waals surface area contributed by atoms with Gasteiger partial charge >= 0.3 is 0 Å². The standard InChI is InChI=1S/C21H28Cl2N4O2/c1-14(2)21-24-15(3)11-19(25-21)27-9-7-26(8-10-27)12-16(28)13-29-20-17(22)5-4-6-18(20)23/h4-6,11,14,16,28H,7-10,12-13H2,1-3H3. The number of rotatable bonds is 7. The number of aliphatic hydroxyl groups is 1. The molecular formula is C21H28Cl2N4O2. The Morgan fingerprint density at radius 1 is 1.10 bits per heavy atom. The number of hydrogen-bond acceptors (Lipinski definition) is 6. The number of ether oxygens (including phenoxy) is 1. The molecule has 0 saturated carbocycles. The Bertz CT molecular complexity index is 806. The molecule has 2 heterocycles. The lowest BCUT2D eigenvalue weighted by Gasteiger charge is -2.36. The summed E-state index contributed by atoms with van der Waals surface area (Å²) in [6.45, 7) is 10.3. The van der Waals surface area contributed by atoms with E-state index in [2.05, 4.69) is 28.6 Å². The summed E-state index contributed by atoms with van der Waals surface area (Å²) in [6, 6.07) is 7.23. The summed E-state index contributed by atoms with van der Waals surface area (Å²) in [6.07, 6.45) is -0.622. The fourth-order valence-corrected chi connectivity index (χ4v) is 3.81. The van der Waals surface area contributed by atoms with Crippen LogP contribution in [0.5, 0.6) is 5.75 Å². The van der Waals surface area contributed by atoms with Gasteiger partial charge in [0.1, 0.15) is 24.4 Å². The molecule has 158 valence electrons. The number of aromatic nitrogens is 2. The third-order valence-electron chi connectivity index (χ3n) is 4.88. The Morgan fingerprint density at radius 3 is 2.38 bits per heavy atom. The van der Waals surface area contributed by atoms with Crippen molar-refractivity contribution >= 4 is 29.0 Å². The first-order chi connectivity index (χ1) is 13.8. The highest BCUT2D eigenvalue weighted by Crippen LogP contribution is 2.32. The van der Waals surface area contributed by atoms with Crippen LogP contribution in [0.15, 0.2) is 24.3 Å². The fraction of sp³-hybridized carbons (Fsp3) is 0.524. The van der Waals surface area contributed by atoms with Gasteiger partial charge in [-0.1, -0.05) is 43.1 Å². The molecule has 0 radical (unpaired) electrons. The molecule has 1 atom stereocenters. The van der Waals surface area contributed by atoms with E-state index in [9.17, 15) is 5.11 Å². The number of aliphatic hydroxyl groups excluding tert-OH is 1. The highest BCUT2D eigenvalue weighted by Gasteiger charge is 2.22. The number of nitrogens with zero attached hydrogens (tertiary/aromatic N) is 4. The van der Waals surface area contributed by atoms with Crippen molar-refractivity contribution < 1.29 is 9.84 Å². The van der Waals surface area contributed by atoms with Crippen LogP contribution in [0.3, 0.4) is 0 Å². The molecule has 1 aliphatic rings. The predicted molar refractivity (Wildman–Crippen MR) is 117 cm³/mol. The minimum absolute atomic E-state index is 0.145. The number of β-amino-alcohol motifs (C(OH)–C–C–N with tert-alkyl or cyclic N) is 1. The van der Waals surface area contributed by atoms with Crippen LogP contribution in [0.4, 0.5) is 5.82 Å². The van der Waals surface area contributed by atoms with Crippen LogP contribution < -0.4 is 9.64 Å². The molecule has 0 bridgehead atoms. The molecule has 1 unspecified atom stereocenters. The van der Waals surface area contributed by atoms with E-state index in [-0.39, 0.29) is 6.61 Å². The van der Waals surface area contributed by atoms with Gasteiger partial charge in [-0.2, -0.15) is 0 Å². The number of anilines is 1. The van der Waals surface area contributed by atoms with E-state index in [0.29, 0.717) is 28.3 Å². The lowest BCUT2D eigenvalue weighted by Crippen LogP contribution is -2.49. The van der Waals surface area contributed by atoms with E-state index in [0.717, 1.165) is 43.5 Å². The summed E-state index contributed by atoms with van der Waals surface area (Å²) in [5, 5.41) is 11.3. The fourth-order valence-electron chi connectivity index (χ4n) is 3.30. The van der Waals surface area contributed by atoms with Crippen molar-refractivity contribution in [2.45, 2.75) is 32.8 Å². The van der Waals surface area contributed by atoms with E-state index < -0.39 is 6.10 Å². The summed E-state index contributed by atoms with van der Waals surface area (Å²) in [4.78, 5) is 13.8. The number of aryl methyl sites for hydroxylation is 1. The van der Waals surface area contributed by atoms with Crippen LogP contribution in [0.2, 0.25) is 10.0 Å². The third-order valence-corrected chi connectivity index (χ3v) is 5.47. The summed E-state index contributed by atoms with van der Waals surface area (Å²) in [5.41, 5.74) is 0.993. The van der Waals surface area contributed by atoms with Crippen LogP contribution in [-0.2, 0) is 0 Å². The second-order valence-corrected chi connectivity index (χ2v) is 8.50. The maximum atomic E-state index is 10.4. The molecule has 1 aromatic carbocycles. The topological polar surface area (TPSA) is 61.7 Å². The molecule has 1 fully saturated rings. The lowest BCUT2D eigenvalue weighted by atomic mass is 10.2. The van der Waals surface area contributed by atoms with E-state index in [1.54, 1.807) is 18.2 Å².